The molecule has 1 aliphatic heterocycles. The Labute approximate surface area is 140 Å². The minimum atomic E-state index is -0.312. The predicted molar refractivity (Wildman–Crippen MR) is 88.1 cm³/mol. The number of amides is 3. The molecule has 3 amide bonds. The number of hydrogen-bond donors (Lipinski definition) is 2. The fraction of sp³-hybridized carbons (Fsp3) is 0.438. The van der Waals surface area contributed by atoms with Crippen LogP contribution in [0, 0.1) is 0 Å². The molecule has 0 fully saturated rings. The zero-order valence-corrected chi connectivity index (χ0v) is 13.8. The van der Waals surface area contributed by atoms with E-state index in [1.54, 1.807) is 18.2 Å². The SMILES string of the molecule is CCCNC(=O)CN1C(=O)COc2ccc(NC(=O)COC)cc21. The number of methoxy groups -OCH3 is 1. The average Bonchev–Trinajstić information content (AvgIpc) is 2.56. The van der Waals surface area contributed by atoms with Gasteiger partial charge in [-0.05, 0) is 24.6 Å². The van der Waals surface area contributed by atoms with Crippen molar-refractivity contribution in [2.45, 2.75) is 13.3 Å². The van der Waals surface area contributed by atoms with Gasteiger partial charge in [-0.15, -0.1) is 0 Å². The van der Waals surface area contributed by atoms with Crippen LogP contribution >= 0.6 is 0 Å². The summed E-state index contributed by atoms with van der Waals surface area (Å²) in [5.41, 5.74) is 0.946. The van der Waals surface area contributed by atoms with Gasteiger partial charge in [0.15, 0.2) is 6.61 Å². The lowest BCUT2D eigenvalue weighted by atomic mass is 10.2. The fourth-order valence-electron chi connectivity index (χ4n) is 2.25. The van der Waals surface area contributed by atoms with Gasteiger partial charge < -0.3 is 20.1 Å². The molecular weight excluding hydrogens is 314 g/mol. The molecule has 130 valence electrons. The third-order valence-corrected chi connectivity index (χ3v) is 3.34. The predicted octanol–water partition coefficient (Wildman–Crippen LogP) is 0.523. The van der Waals surface area contributed by atoms with E-state index in [9.17, 15) is 14.4 Å². The molecule has 2 rings (SSSR count). The van der Waals surface area contributed by atoms with E-state index < -0.39 is 0 Å². The van der Waals surface area contributed by atoms with Crippen molar-refractivity contribution in [3.63, 3.8) is 0 Å². The van der Waals surface area contributed by atoms with Crippen LogP contribution in [0.1, 0.15) is 13.3 Å². The van der Waals surface area contributed by atoms with Crippen LogP contribution in [-0.2, 0) is 19.1 Å². The second-order valence-corrected chi connectivity index (χ2v) is 5.28. The van der Waals surface area contributed by atoms with E-state index in [0.717, 1.165) is 6.42 Å². The molecule has 0 bridgehead atoms. The Morgan fingerprint density at radius 1 is 1.33 bits per heavy atom. The van der Waals surface area contributed by atoms with Gasteiger partial charge in [0.05, 0.1) is 5.69 Å². The van der Waals surface area contributed by atoms with E-state index in [1.807, 2.05) is 6.92 Å². The third kappa shape index (κ3) is 4.45. The summed E-state index contributed by atoms with van der Waals surface area (Å²) in [5.74, 6) is -0.378. The van der Waals surface area contributed by atoms with Crippen molar-refractivity contribution in [2.24, 2.45) is 0 Å². The molecule has 1 aromatic rings. The second kappa shape index (κ2) is 8.30. The maximum Gasteiger partial charge on any atom is 0.265 e. The summed E-state index contributed by atoms with van der Waals surface area (Å²) in [6.45, 7) is 2.21. The quantitative estimate of drug-likeness (QED) is 0.757. The van der Waals surface area contributed by atoms with Gasteiger partial charge in [0.1, 0.15) is 18.9 Å². The molecule has 0 aliphatic carbocycles. The van der Waals surface area contributed by atoms with E-state index in [1.165, 1.54) is 12.0 Å². The van der Waals surface area contributed by atoms with Crippen LogP contribution < -0.4 is 20.3 Å². The number of carbonyl (C=O) groups is 3. The number of hydrogen-bond acceptors (Lipinski definition) is 5. The molecule has 1 aliphatic rings. The third-order valence-electron chi connectivity index (χ3n) is 3.34. The van der Waals surface area contributed by atoms with Crippen LogP contribution in [0.3, 0.4) is 0 Å². The van der Waals surface area contributed by atoms with Crippen LogP contribution in [0.4, 0.5) is 11.4 Å². The topological polar surface area (TPSA) is 97.0 Å². The molecule has 0 aromatic heterocycles. The van der Waals surface area contributed by atoms with Crippen LogP contribution in [0.25, 0.3) is 0 Å². The van der Waals surface area contributed by atoms with Crippen molar-refractivity contribution in [1.82, 2.24) is 5.32 Å². The molecule has 0 unspecified atom stereocenters. The Balaban J connectivity index is 2.18. The first kappa shape index (κ1) is 17.7. The zero-order valence-electron chi connectivity index (χ0n) is 13.8. The van der Waals surface area contributed by atoms with Crippen molar-refractivity contribution in [3.8, 4) is 5.75 Å². The zero-order chi connectivity index (χ0) is 17.5. The number of nitrogens with zero attached hydrogens (tertiary/aromatic N) is 1. The summed E-state index contributed by atoms with van der Waals surface area (Å²) in [6.07, 6.45) is 0.815. The molecule has 0 spiro atoms. The van der Waals surface area contributed by atoms with Gasteiger partial charge in [0, 0.05) is 19.3 Å². The average molecular weight is 335 g/mol. The normalized spacial score (nSPS) is 13.1. The van der Waals surface area contributed by atoms with E-state index in [-0.39, 0.29) is 37.5 Å². The first-order valence-electron chi connectivity index (χ1n) is 7.67. The number of nitrogens with one attached hydrogen (secondary N) is 2. The lowest BCUT2D eigenvalue weighted by molar-refractivity contribution is -0.125. The lowest BCUT2D eigenvalue weighted by Gasteiger charge is -2.29. The van der Waals surface area contributed by atoms with Crippen molar-refractivity contribution < 1.29 is 23.9 Å². The summed E-state index contributed by atoms with van der Waals surface area (Å²) < 4.78 is 10.1. The van der Waals surface area contributed by atoms with E-state index >= 15 is 0 Å². The smallest absolute Gasteiger partial charge is 0.265 e. The number of rotatable bonds is 7. The molecule has 0 radical (unpaired) electrons. The van der Waals surface area contributed by atoms with E-state index in [2.05, 4.69) is 10.6 Å². The van der Waals surface area contributed by atoms with Crippen LogP contribution in [0.2, 0.25) is 0 Å². The minimum absolute atomic E-state index is 0.0738. The van der Waals surface area contributed by atoms with E-state index in [0.29, 0.717) is 23.7 Å². The molecule has 1 aromatic carbocycles. The Hall–Kier alpha value is -2.61. The van der Waals surface area contributed by atoms with E-state index in [4.69, 9.17) is 9.47 Å². The Morgan fingerprint density at radius 3 is 2.83 bits per heavy atom. The van der Waals surface area contributed by atoms with Crippen molar-refractivity contribution in [1.29, 1.82) is 0 Å². The van der Waals surface area contributed by atoms with Crippen molar-refractivity contribution >= 4 is 29.1 Å². The van der Waals surface area contributed by atoms with Crippen LogP contribution in [0.5, 0.6) is 5.75 Å². The molecule has 8 nitrogen and oxygen atoms in total. The summed E-state index contributed by atoms with van der Waals surface area (Å²) in [7, 11) is 1.43. The van der Waals surface area contributed by atoms with Crippen LogP contribution in [-0.4, -0.2) is 51.1 Å². The molecule has 0 saturated heterocycles. The summed E-state index contributed by atoms with van der Waals surface area (Å²) in [4.78, 5) is 37.0. The Kier molecular flexibility index (Phi) is 6.14. The first-order chi connectivity index (χ1) is 11.5. The molecule has 2 N–H and O–H groups in total. The second-order valence-electron chi connectivity index (χ2n) is 5.28. The van der Waals surface area contributed by atoms with Gasteiger partial charge in [-0.2, -0.15) is 0 Å². The largest absolute Gasteiger partial charge is 0.482 e. The van der Waals surface area contributed by atoms with Gasteiger partial charge in [-0.1, -0.05) is 6.92 Å². The highest BCUT2D eigenvalue weighted by Gasteiger charge is 2.27. The Bertz CT molecular complexity index is 632. The number of anilines is 2. The molecule has 24 heavy (non-hydrogen) atoms. The van der Waals surface area contributed by atoms with Gasteiger partial charge in [-0.25, -0.2) is 0 Å². The van der Waals surface area contributed by atoms with Gasteiger partial charge >= 0.3 is 0 Å². The molecule has 1 heterocycles. The number of fused-ring (bicyclic) bond motifs is 1. The number of ether oxygens (including phenoxy) is 2. The highest BCUT2D eigenvalue weighted by Crippen LogP contribution is 2.34. The molecular formula is C16H21N3O5. The van der Waals surface area contributed by atoms with Crippen molar-refractivity contribution in [3.05, 3.63) is 18.2 Å². The summed E-state index contributed by atoms with van der Waals surface area (Å²) >= 11 is 0. The standard InChI is InChI=1S/C16H21N3O5/c1-3-6-17-14(20)8-19-12-7-11(18-15(21)9-23-2)4-5-13(12)24-10-16(19)22/h4-5,7H,3,6,8-10H2,1-2H3,(H,17,20)(H,18,21). The number of benzene rings is 1. The molecule has 0 saturated carbocycles. The molecule has 0 atom stereocenters. The fourth-order valence-corrected chi connectivity index (χ4v) is 2.25. The summed E-state index contributed by atoms with van der Waals surface area (Å²) in [5, 5.41) is 5.39. The number of carbonyl (C=O) groups excluding carboxylic acids is 3. The Morgan fingerprint density at radius 2 is 2.12 bits per heavy atom. The maximum atomic E-state index is 12.1. The maximum absolute atomic E-state index is 12.1. The van der Waals surface area contributed by atoms with Crippen molar-refractivity contribution in [2.75, 3.05) is 43.6 Å². The minimum Gasteiger partial charge on any atom is -0.482 e. The van der Waals surface area contributed by atoms with Gasteiger partial charge in [0.2, 0.25) is 11.8 Å². The lowest BCUT2D eigenvalue weighted by Crippen LogP contribution is -2.45. The highest BCUT2D eigenvalue weighted by molar-refractivity contribution is 6.03. The first-order valence-corrected chi connectivity index (χ1v) is 7.67. The van der Waals surface area contributed by atoms with Gasteiger partial charge in [0.25, 0.3) is 5.91 Å². The van der Waals surface area contributed by atoms with Gasteiger partial charge in [-0.3, -0.25) is 19.3 Å². The monoisotopic (exact) mass is 335 g/mol. The highest BCUT2D eigenvalue weighted by atomic mass is 16.5. The molecule has 8 heteroatoms. The van der Waals surface area contributed by atoms with Crippen LogP contribution in [0.15, 0.2) is 18.2 Å². The summed E-state index contributed by atoms with van der Waals surface area (Å²) in [6, 6.07) is 4.92.